The maximum atomic E-state index is 12.6. The van der Waals surface area contributed by atoms with Crippen molar-refractivity contribution in [3.05, 3.63) is 61.7 Å². The molecule has 0 N–H and O–H groups in total. The molecule has 0 saturated heterocycles. The summed E-state index contributed by atoms with van der Waals surface area (Å²) in [7, 11) is 0. The quantitative estimate of drug-likeness (QED) is 0.629. The van der Waals surface area contributed by atoms with Gasteiger partial charge < -0.3 is 4.90 Å². The summed E-state index contributed by atoms with van der Waals surface area (Å²) < 4.78 is 1.40. The smallest absolute Gasteiger partial charge is 0.350 e. The Bertz CT molecular complexity index is 833. The van der Waals surface area contributed by atoms with Gasteiger partial charge in [0.05, 0.1) is 4.92 Å². The number of aryl methyl sites for hydroxylation is 1. The number of benzene rings is 1. The summed E-state index contributed by atoms with van der Waals surface area (Å²) in [6, 6.07) is 8.19. The molecule has 0 bridgehead atoms. The lowest BCUT2D eigenvalue weighted by Gasteiger charge is -2.22. The van der Waals surface area contributed by atoms with Crippen LogP contribution in [0.15, 0.2) is 29.1 Å². The number of hydrogen-bond acceptors (Lipinski definition) is 5. The molecule has 1 aliphatic heterocycles. The Morgan fingerprint density at radius 3 is 2.24 bits per heavy atom. The number of nitro groups is 1. The maximum absolute atomic E-state index is 12.6. The molecule has 0 amide bonds. The normalized spacial score (nSPS) is 14.1. The fourth-order valence-corrected chi connectivity index (χ4v) is 3.43. The zero-order valence-electron chi connectivity index (χ0n) is 14.6. The first-order valence-electron chi connectivity index (χ1n) is 8.66. The fraction of sp³-hybridized carbons (Fsp3) is 0.444. The van der Waals surface area contributed by atoms with Crippen molar-refractivity contribution in [2.75, 3.05) is 18.0 Å². The molecule has 1 aromatic carbocycles. The van der Waals surface area contributed by atoms with Gasteiger partial charge in [-0.2, -0.15) is 0 Å². The second-order valence-electron chi connectivity index (χ2n) is 6.12. The predicted molar refractivity (Wildman–Crippen MR) is 96.3 cm³/mol. The molecule has 2 aromatic rings. The van der Waals surface area contributed by atoms with Gasteiger partial charge in [-0.1, -0.05) is 31.2 Å². The summed E-state index contributed by atoms with van der Waals surface area (Å²) in [5.74, 6) is 0.805. The van der Waals surface area contributed by atoms with Crippen molar-refractivity contribution in [1.82, 2.24) is 9.55 Å². The van der Waals surface area contributed by atoms with E-state index in [1.807, 2.05) is 24.0 Å². The maximum Gasteiger partial charge on any atom is 0.376 e. The zero-order valence-corrected chi connectivity index (χ0v) is 14.6. The van der Waals surface area contributed by atoms with E-state index < -0.39 is 16.2 Å². The van der Waals surface area contributed by atoms with E-state index in [4.69, 9.17) is 0 Å². The zero-order chi connectivity index (χ0) is 18.0. The molecule has 1 aromatic heterocycles. The lowest BCUT2D eigenvalue weighted by molar-refractivity contribution is -0.386. The van der Waals surface area contributed by atoms with Crippen LogP contribution in [0.5, 0.6) is 0 Å². The second-order valence-corrected chi connectivity index (χ2v) is 6.12. The van der Waals surface area contributed by atoms with Crippen molar-refractivity contribution in [2.24, 2.45) is 0 Å². The summed E-state index contributed by atoms with van der Waals surface area (Å²) in [5.41, 5.74) is 1.54. The first kappa shape index (κ1) is 17.1. The molecule has 0 saturated carbocycles. The molecule has 132 valence electrons. The third-order valence-electron chi connectivity index (χ3n) is 4.74. The van der Waals surface area contributed by atoms with E-state index in [1.54, 1.807) is 6.92 Å². The molecule has 25 heavy (non-hydrogen) atoms. The van der Waals surface area contributed by atoms with Gasteiger partial charge in [0.2, 0.25) is 5.82 Å². The summed E-state index contributed by atoms with van der Waals surface area (Å²) in [5, 5.41) is 11.6. The van der Waals surface area contributed by atoms with Crippen LogP contribution >= 0.6 is 0 Å². The van der Waals surface area contributed by atoms with Crippen LogP contribution in [0, 0.1) is 10.1 Å². The van der Waals surface area contributed by atoms with Gasteiger partial charge in [0.1, 0.15) is 5.82 Å². The van der Waals surface area contributed by atoms with E-state index in [9.17, 15) is 14.9 Å². The fourth-order valence-electron chi connectivity index (χ4n) is 3.43. The molecule has 3 rings (SSSR count). The van der Waals surface area contributed by atoms with Gasteiger partial charge in [-0.05, 0) is 30.9 Å². The van der Waals surface area contributed by atoms with Gasteiger partial charge in [0, 0.05) is 26.1 Å². The number of fused-ring (bicyclic) bond motifs is 1. The molecule has 0 aliphatic carbocycles. The van der Waals surface area contributed by atoms with E-state index >= 15 is 0 Å². The lowest BCUT2D eigenvalue weighted by atomic mass is 10.0. The molecule has 0 unspecified atom stereocenters. The first-order valence-corrected chi connectivity index (χ1v) is 8.66. The molecule has 0 radical (unpaired) electrons. The lowest BCUT2D eigenvalue weighted by Crippen LogP contribution is -2.34. The highest BCUT2D eigenvalue weighted by Crippen LogP contribution is 2.26. The summed E-state index contributed by atoms with van der Waals surface area (Å²) in [4.78, 5) is 30.0. The van der Waals surface area contributed by atoms with Crippen molar-refractivity contribution in [1.29, 1.82) is 0 Å². The minimum absolute atomic E-state index is 0.212. The number of hydrogen-bond donors (Lipinski definition) is 0. The third-order valence-corrected chi connectivity index (χ3v) is 4.74. The minimum atomic E-state index is -0.589. The third kappa shape index (κ3) is 3.14. The molecule has 7 heteroatoms. The van der Waals surface area contributed by atoms with Crippen LogP contribution < -0.4 is 10.5 Å². The van der Waals surface area contributed by atoms with Gasteiger partial charge in [-0.3, -0.25) is 19.5 Å². The second kappa shape index (κ2) is 7.04. The van der Waals surface area contributed by atoms with E-state index in [0.29, 0.717) is 31.9 Å². The minimum Gasteiger partial charge on any atom is -0.350 e. The average molecular weight is 342 g/mol. The van der Waals surface area contributed by atoms with Crippen LogP contribution in [0.2, 0.25) is 0 Å². The molecule has 0 fully saturated rings. The van der Waals surface area contributed by atoms with Gasteiger partial charge in [-0.15, -0.1) is 0 Å². The van der Waals surface area contributed by atoms with E-state index in [0.717, 1.165) is 12.8 Å². The van der Waals surface area contributed by atoms with Crippen LogP contribution in [0.25, 0.3) is 0 Å². The molecule has 0 spiro atoms. The molecule has 1 aliphatic rings. The standard InChI is InChI=1S/C18H22N4O3/c1-3-15-19-17(16(22(24)25)18(23)21(15)4-2)20-11-9-13-7-5-6-8-14(13)10-12-20/h5-8H,3-4,9-12H2,1-2H3. The molecule has 7 nitrogen and oxygen atoms in total. The van der Waals surface area contributed by atoms with Crippen molar-refractivity contribution >= 4 is 11.5 Å². The Morgan fingerprint density at radius 2 is 1.76 bits per heavy atom. The van der Waals surface area contributed by atoms with Crippen molar-refractivity contribution in [3.8, 4) is 0 Å². The van der Waals surface area contributed by atoms with Crippen molar-refractivity contribution < 1.29 is 4.92 Å². The molecule has 2 heterocycles. The number of rotatable bonds is 4. The highest BCUT2D eigenvalue weighted by molar-refractivity contribution is 5.57. The Balaban J connectivity index is 2.06. The topological polar surface area (TPSA) is 81.3 Å². The van der Waals surface area contributed by atoms with Gasteiger partial charge in [0.15, 0.2) is 0 Å². The van der Waals surface area contributed by atoms with Crippen LogP contribution in [-0.4, -0.2) is 27.6 Å². The van der Waals surface area contributed by atoms with Gasteiger partial charge in [0.25, 0.3) is 0 Å². The predicted octanol–water partition coefficient (Wildman–Crippen LogP) is 2.34. The van der Waals surface area contributed by atoms with E-state index in [1.165, 1.54) is 15.7 Å². The SMILES string of the molecule is CCc1nc(N2CCc3ccccc3CC2)c([N+](=O)[O-])c(=O)n1CC. The summed E-state index contributed by atoms with van der Waals surface area (Å²) in [6.45, 7) is 5.31. The van der Waals surface area contributed by atoms with Crippen LogP contribution in [0.3, 0.4) is 0 Å². The Morgan fingerprint density at radius 1 is 1.16 bits per heavy atom. The summed E-state index contributed by atoms with van der Waals surface area (Å²) in [6.07, 6.45) is 2.13. The van der Waals surface area contributed by atoms with Crippen molar-refractivity contribution in [2.45, 2.75) is 39.7 Å². The number of nitrogens with zero attached hydrogens (tertiary/aromatic N) is 4. The van der Waals surface area contributed by atoms with Crippen molar-refractivity contribution in [3.63, 3.8) is 0 Å². The van der Waals surface area contributed by atoms with Crippen LogP contribution in [-0.2, 0) is 25.8 Å². The molecule has 0 atom stereocenters. The van der Waals surface area contributed by atoms with E-state index in [2.05, 4.69) is 17.1 Å². The number of aromatic nitrogens is 2. The molecular formula is C18H22N4O3. The average Bonchev–Trinajstić information content (AvgIpc) is 2.83. The highest BCUT2D eigenvalue weighted by Gasteiger charge is 2.29. The molecular weight excluding hydrogens is 320 g/mol. The Kier molecular flexibility index (Phi) is 4.83. The van der Waals surface area contributed by atoms with Gasteiger partial charge >= 0.3 is 11.2 Å². The first-order chi connectivity index (χ1) is 12.1. The Labute approximate surface area is 146 Å². The summed E-state index contributed by atoms with van der Waals surface area (Å²) >= 11 is 0. The monoisotopic (exact) mass is 342 g/mol. The van der Waals surface area contributed by atoms with Crippen LogP contribution in [0.4, 0.5) is 11.5 Å². The number of anilines is 1. The Hall–Kier alpha value is -2.70. The largest absolute Gasteiger partial charge is 0.376 e. The van der Waals surface area contributed by atoms with Crippen LogP contribution in [0.1, 0.15) is 30.8 Å². The highest BCUT2D eigenvalue weighted by atomic mass is 16.6. The van der Waals surface area contributed by atoms with E-state index in [-0.39, 0.29) is 5.82 Å². The van der Waals surface area contributed by atoms with Gasteiger partial charge in [-0.25, -0.2) is 4.98 Å².